The van der Waals surface area contributed by atoms with Gasteiger partial charge in [-0.2, -0.15) is 5.10 Å². The molecule has 0 aliphatic heterocycles. The van der Waals surface area contributed by atoms with Crippen LogP contribution in [-0.2, 0) is 13.0 Å². The van der Waals surface area contributed by atoms with Crippen LogP contribution in [-0.4, -0.2) is 40.4 Å². The summed E-state index contributed by atoms with van der Waals surface area (Å²) in [6, 6.07) is 4.02. The van der Waals surface area contributed by atoms with E-state index in [-0.39, 0.29) is 24.0 Å². The molecule has 0 unspecified atom stereocenters. The fourth-order valence-corrected chi connectivity index (χ4v) is 2.30. The van der Waals surface area contributed by atoms with Crippen molar-refractivity contribution in [2.45, 2.75) is 33.2 Å². The quantitative estimate of drug-likeness (QED) is 0.285. The first kappa shape index (κ1) is 20.4. The molecule has 0 aromatic carbocycles. The molecule has 0 aliphatic carbocycles. The second-order valence-electron chi connectivity index (χ2n) is 5.36. The zero-order valence-electron chi connectivity index (χ0n) is 14.4. The summed E-state index contributed by atoms with van der Waals surface area (Å²) in [6.07, 6.45) is 9.47. The first-order valence-corrected chi connectivity index (χ1v) is 8.18. The largest absolute Gasteiger partial charge is 0.357 e. The van der Waals surface area contributed by atoms with Gasteiger partial charge >= 0.3 is 0 Å². The minimum absolute atomic E-state index is 0. The zero-order chi connectivity index (χ0) is 16.3. The van der Waals surface area contributed by atoms with Gasteiger partial charge in [0.05, 0.1) is 0 Å². The van der Waals surface area contributed by atoms with Crippen LogP contribution in [0.1, 0.15) is 24.5 Å². The minimum Gasteiger partial charge on any atom is -0.357 e. The number of hydrogen-bond donors (Lipinski definition) is 2. The standard InChI is InChI=1S/C17H26N6.HI/c1-3-19-17(20-8-4-12-23-13-5-9-22-23)21-11-7-16-6-10-18-14-15(16)2;/h5-6,9-10,13-14H,3-4,7-8,11-12H2,1-2H3,(H2,19,20,21);1H. The topological polar surface area (TPSA) is 67.1 Å². The van der Waals surface area contributed by atoms with Crippen LogP contribution in [0.2, 0.25) is 0 Å². The van der Waals surface area contributed by atoms with Crippen LogP contribution in [0.15, 0.2) is 41.9 Å². The summed E-state index contributed by atoms with van der Waals surface area (Å²) in [7, 11) is 0. The van der Waals surface area contributed by atoms with Crippen molar-refractivity contribution in [3.63, 3.8) is 0 Å². The lowest BCUT2D eigenvalue weighted by molar-refractivity contribution is 0.584. The van der Waals surface area contributed by atoms with Crippen molar-refractivity contribution in [1.29, 1.82) is 0 Å². The SMILES string of the molecule is CCNC(=NCCCn1cccn1)NCCc1ccncc1C.I. The van der Waals surface area contributed by atoms with E-state index in [9.17, 15) is 0 Å². The third kappa shape index (κ3) is 7.29. The molecule has 0 bridgehead atoms. The fraction of sp³-hybridized carbons (Fsp3) is 0.471. The Morgan fingerprint density at radius 2 is 2.17 bits per heavy atom. The van der Waals surface area contributed by atoms with E-state index in [0.29, 0.717) is 0 Å². The molecule has 0 saturated carbocycles. The van der Waals surface area contributed by atoms with Crippen molar-refractivity contribution in [2.24, 2.45) is 4.99 Å². The van der Waals surface area contributed by atoms with Gasteiger partial charge in [-0.1, -0.05) is 0 Å². The van der Waals surface area contributed by atoms with Gasteiger partial charge < -0.3 is 10.6 Å². The van der Waals surface area contributed by atoms with E-state index >= 15 is 0 Å². The molecule has 2 rings (SSSR count). The number of nitrogens with zero attached hydrogens (tertiary/aromatic N) is 4. The van der Waals surface area contributed by atoms with E-state index in [1.54, 1.807) is 6.20 Å². The summed E-state index contributed by atoms with van der Waals surface area (Å²) in [6.45, 7) is 7.57. The molecular weight excluding hydrogens is 415 g/mol. The lowest BCUT2D eigenvalue weighted by Crippen LogP contribution is -2.38. The average Bonchev–Trinajstić information content (AvgIpc) is 3.06. The molecule has 2 aromatic rings. The number of aliphatic imine (C=N–C) groups is 1. The molecule has 0 amide bonds. The molecule has 2 aromatic heterocycles. The molecule has 24 heavy (non-hydrogen) atoms. The third-order valence-corrected chi connectivity index (χ3v) is 3.54. The Hall–Kier alpha value is -1.64. The average molecular weight is 442 g/mol. The van der Waals surface area contributed by atoms with Gasteiger partial charge in [0, 0.05) is 51.0 Å². The van der Waals surface area contributed by atoms with Gasteiger partial charge in [0.1, 0.15) is 0 Å². The van der Waals surface area contributed by atoms with Crippen molar-refractivity contribution >= 4 is 29.9 Å². The highest BCUT2D eigenvalue weighted by Crippen LogP contribution is 2.04. The Labute approximate surface area is 161 Å². The summed E-state index contributed by atoms with van der Waals surface area (Å²) >= 11 is 0. The maximum absolute atomic E-state index is 4.61. The Bertz CT molecular complexity index is 597. The normalized spacial score (nSPS) is 11.0. The van der Waals surface area contributed by atoms with Crippen molar-refractivity contribution in [1.82, 2.24) is 25.4 Å². The maximum Gasteiger partial charge on any atom is 0.191 e. The summed E-state index contributed by atoms with van der Waals surface area (Å²) in [5.74, 6) is 0.875. The molecule has 0 spiro atoms. The molecule has 132 valence electrons. The van der Waals surface area contributed by atoms with Gasteiger partial charge in [-0.15, -0.1) is 24.0 Å². The van der Waals surface area contributed by atoms with Crippen LogP contribution in [0.25, 0.3) is 0 Å². The van der Waals surface area contributed by atoms with Crippen LogP contribution < -0.4 is 10.6 Å². The van der Waals surface area contributed by atoms with E-state index in [1.165, 1.54) is 11.1 Å². The van der Waals surface area contributed by atoms with Gasteiger partial charge in [0.15, 0.2) is 5.96 Å². The van der Waals surface area contributed by atoms with Crippen molar-refractivity contribution in [3.05, 3.63) is 48.0 Å². The Morgan fingerprint density at radius 1 is 1.29 bits per heavy atom. The third-order valence-electron chi connectivity index (χ3n) is 3.54. The lowest BCUT2D eigenvalue weighted by atomic mass is 10.1. The molecular formula is C17H27IN6. The fourth-order valence-electron chi connectivity index (χ4n) is 2.30. The molecule has 0 atom stereocenters. The second-order valence-corrected chi connectivity index (χ2v) is 5.36. The Balaban J connectivity index is 0.00000288. The molecule has 2 N–H and O–H groups in total. The monoisotopic (exact) mass is 442 g/mol. The van der Waals surface area contributed by atoms with Crippen LogP contribution >= 0.6 is 24.0 Å². The highest BCUT2D eigenvalue weighted by atomic mass is 127. The molecule has 0 fully saturated rings. The smallest absolute Gasteiger partial charge is 0.191 e. The predicted octanol–water partition coefficient (Wildman–Crippen LogP) is 2.39. The molecule has 6 nitrogen and oxygen atoms in total. The van der Waals surface area contributed by atoms with Gasteiger partial charge in [-0.05, 0) is 49.9 Å². The van der Waals surface area contributed by atoms with Crippen LogP contribution in [0.3, 0.4) is 0 Å². The number of pyridine rings is 1. The molecule has 0 radical (unpaired) electrons. The molecule has 7 heteroatoms. The first-order chi connectivity index (χ1) is 11.3. The highest BCUT2D eigenvalue weighted by Gasteiger charge is 2.00. The van der Waals surface area contributed by atoms with Gasteiger partial charge in [-0.25, -0.2) is 0 Å². The summed E-state index contributed by atoms with van der Waals surface area (Å²) < 4.78 is 1.93. The number of aromatic nitrogens is 3. The van der Waals surface area contributed by atoms with Crippen LogP contribution in [0, 0.1) is 6.92 Å². The van der Waals surface area contributed by atoms with E-state index in [0.717, 1.165) is 45.0 Å². The summed E-state index contributed by atoms with van der Waals surface area (Å²) in [5, 5.41) is 10.9. The van der Waals surface area contributed by atoms with Gasteiger partial charge in [0.2, 0.25) is 0 Å². The minimum atomic E-state index is 0. The molecule has 0 saturated heterocycles. The first-order valence-electron chi connectivity index (χ1n) is 8.18. The lowest BCUT2D eigenvalue weighted by Gasteiger charge is -2.12. The summed E-state index contributed by atoms with van der Waals surface area (Å²) in [5.41, 5.74) is 2.55. The second kappa shape index (κ2) is 11.8. The highest BCUT2D eigenvalue weighted by molar-refractivity contribution is 14.0. The number of rotatable bonds is 8. The summed E-state index contributed by atoms with van der Waals surface area (Å²) in [4.78, 5) is 8.73. The number of guanidine groups is 1. The van der Waals surface area contributed by atoms with E-state index in [2.05, 4.69) is 45.6 Å². The maximum atomic E-state index is 4.61. The van der Waals surface area contributed by atoms with Gasteiger partial charge in [-0.3, -0.25) is 14.7 Å². The zero-order valence-corrected chi connectivity index (χ0v) is 16.7. The van der Waals surface area contributed by atoms with E-state index < -0.39 is 0 Å². The van der Waals surface area contributed by atoms with Crippen LogP contribution in [0.5, 0.6) is 0 Å². The molecule has 0 aliphatic rings. The number of hydrogen-bond acceptors (Lipinski definition) is 3. The van der Waals surface area contributed by atoms with Crippen LogP contribution in [0.4, 0.5) is 0 Å². The predicted molar refractivity (Wildman–Crippen MR) is 109 cm³/mol. The molecule has 2 heterocycles. The Kier molecular flexibility index (Phi) is 10.1. The Morgan fingerprint density at radius 3 is 2.88 bits per heavy atom. The number of aryl methyl sites for hydroxylation is 2. The van der Waals surface area contributed by atoms with E-state index in [1.807, 2.05) is 29.3 Å². The van der Waals surface area contributed by atoms with Crippen molar-refractivity contribution < 1.29 is 0 Å². The number of halogens is 1. The van der Waals surface area contributed by atoms with Gasteiger partial charge in [0.25, 0.3) is 0 Å². The van der Waals surface area contributed by atoms with Crippen molar-refractivity contribution in [2.75, 3.05) is 19.6 Å². The number of nitrogens with one attached hydrogen (secondary N) is 2. The van der Waals surface area contributed by atoms with E-state index in [4.69, 9.17) is 0 Å². The van der Waals surface area contributed by atoms with Crippen molar-refractivity contribution in [3.8, 4) is 0 Å².